The van der Waals surface area contributed by atoms with Gasteiger partial charge >= 0.3 is 0 Å². The highest BCUT2D eigenvalue weighted by Crippen LogP contribution is 2.33. The summed E-state index contributed by atoms with van der Waals surface area (Å²) in [5, 5.41) is 6.56. The number of ether oxygens (including phenoxy) is 1. The molecule has 1 aromatic heterocycles. The van der Waals surface area contributed by atoms with E-state index in [0.29, 0.717) is 41.4 Å². The Morgan fingerprint density at radius 2 is 1.78 bits per heavy atom. The molecule has 1 aromatic carbocycles. The monoisotopic (exact) mass is 527 g/mol. The molecule has 2 N–H and O–H groups in total. The fourth-order valence-electron chi connectivity index (χ4n) is 5.40. The Labute approximate surface area is 224 Å². The number of carbonyl (C=O) groups excluding carboxylic acids is 3. The summed E-state index contributed by atoms with van der Waals surface area (Å²) in [5.41, 5.74) is 3.33. The zero-order valence-corrected chi connectivity index (χ0v) is 23.0. The van der Waals surface area contributed by atoms with E-state index >= 15 is 0 Å². The van der Waals surface area contributed by atoms with Gasteiger partial charge in [0, 0.05) is 58.5 Å². The SMILES string of the molecule is Cc1c(C(=O)N[C@H]2C[C@H](OC=O)C2)cc(-c2cc(Cl)cc(C(=O)NC(C)(C)C)c2)n1CC1CCCCC1. The fourth-order valence-corrected chi connectivity index (χ4v) is 5.63. The van der Waals surface area contributed by atoms with Crippen LogP contribution in [0.1, 0.15) is 92.1 Å². The number of hydrogen-bond donors (Lipinski definition) is 2. The van der Waals surface area contributed by atoms with Crippen LogP contribution in [-0.4, -0.2) is 40.5 Å². The molecular weight excluding hydrogens is 490 g/mol. The molecule has 1 heterocycles. The van der Waals surface area contributed by atoms with Crippen molar-refractivity contribution in [2.24, 2.45) is 5.92 Å². The van der Waals surface area contributed by atoms with Crippen LogP contribution in [0.3, 0.4) is 0 Å². The molecule has 7 nitrogen and oxygen atoms in total. The third-order valence-corrected chi connectivity index (χ3v) is 7.62. The predicted molar refractivity (Wildman–Crippen MR) is 145 cm³/mol. The van der Waals surface area contributed by atoms with E-state index in [2.05, 4.69) is 15.2 Å². The second-order valence-electron chi connectivity index (χ2n) is 11.6. The van der Waals surface area contributed by atoms with Crippen LogP contribution in [0.25, 0.3) is 11.3 Å². The van der Waals surface area contributed by atoms with Gasteiger partial charge in [-0.15, -0.1) is 0 Å². The first-order valence-electron chi connectivity index (χ1n) is 13.3. The number of amides is 2. The molecule has 0 spiro atoms. The highest BCUT2D eigenvalue weighted by atomic mass is 35.5. The number of nitrogens with one attached hydrogen (secondary N) is 2. The average molecular weight is 528 g/mol. The Morgan fingerprint density at radius 1 is 1.08 bits per heavy atom. The van der Waals surface area contributed by atoms with Crippen molar-refractivity contribution in [3.63, 3.8) is 0 Å². The molecular formula is C29H38ClN3O4. The largest absolute Gasteiger partial charge is 0.464 e. The average Bonchev–Trinajstić information content (AvgIpc) is 3.13. The van der Waals surface area contributed by atoms with E-state index in [4.69, 9.17) is 16.3 Å². The Morgan fingerprint density at radius 3 is 2.43 bits per heavy atom. The van der Waals surface area contributed by atoms with Crippen LogP contribution in [0.15, 0.2) is 24.3 Å². The topological polar surface area (TPSA) is 89.4 Å². The van der Waals surface area contributed by atoms with Gasteiger partial charge < -0.3 is 19.9 Å². The van der Waals surface area contributed by atoms with Gasteiger partial charge in [-0.3, -0.25) is 14.4 Å². The van der Waals surface area contributed by atoms with Crippen molar-refractivity contribution in [1.29, 1.82) is 0 Å². The minimum atomic E-state index is -0.375. The third kappa shape index (κ3) is 6.75. The molecule has 8 heteroatoms. The summed E-state index contributed by atoms with van der Waals surface area (Å²) in [5.74, 6) is 0.224. The summed E-state index contributed by atoms with van der Waals surface area (Å²) >= 11 is 6.50. The van der Waals surface area contributed by atoms with E-state index in [0.717, 1.165) is 23.5 Å². The molecule has 0 unspecified atom stereocenters. The van der Waals surface area contributed by atoms with Crippen LogP contribution in [0.2, 0.25) is 5.02 Å². The lowest BCUT2D eigenvalue weighted by atomic mass is 9.89. The van der Waals surface area contributed by atoms with Crippen molar-refractivity contribution in [2.75, 3.05) is 0 Å². The molecule has 0 radical (unpaired) electrons. The summed E-state index contributed by atoms with van der Waals surface area (Å²) in [6, 6.07) is 7.30. The highest BCUT2D eigenvalue weighted by molar-refractivity contribution is 6.31. The number of nitrogens with zero attached hydrogens (tertiary/aromatic N) is 1. The quantitative estimate of drug-likeness (QED) is 0.433. The van der Waals surface area contributed by atoms with E-state index in [1.165, 1.54) is 32.1 Å². The van der Waals surface area contributed by atoms with Crippen molar-refractivity contribution in [2.45, 2.75) is 96.9 Å². The van der Waals surface area contributed by atoms with Crippen LogP contribution >= 0.6 is 11.6 Å². The number of benzene rings is 1. The van der Waals surface area contributed by atoms with Crippen molar-refractivity contribution >= 4 is 29.9 Å². The lowest BCUT2D eigenvalue weighted by Crippen LogP contribution is -2.47. The molecule has 2 fully saturated rings. The summed E-state index contributed by atoms with van der Waals surface area (Å²) in [6.45, 7) is 9.09. The molecule has 0 bridgehead atoms. The van der Waals surface area contributed by atoms with Crippen molar-refractivity contribution in [1.82, 2.24) is 15.2 Å². The minimum Gasteiger partial charge on any atom is -0.464 e. The molecule has 2 aromatic rings. The number of halogens is 1. The molecule has 2 amide bonds. The number of carbonyl (C=O) groups is 3. The van der Waals surface area contributed by atoms with Gasteiger partial charge in [0.2, 0.25) is 0 Å². The normalized spacial score (nSPS) is 20.1. The van der Waals surface area contributed by atoms with E-state index in [-0.39, 0.29) is 29.5 Å². The lowest BCUT2D eigenvalue weighted by Gasteiger charge is -2.34. The minimum absolute atomic E-state index is 0.0131. The maximum Gasteiger partial charge on any atom is 0.293 e. The van der Waals surface area contributed by atoms with Crippen molar-refractivity contribution in [3.8, 4) is 11.3 Å². The molecule has 2 aliphatic rings. The van der Waals surface area contributed by atoms with E-state index in [9.17, 15) is 14.4 Å². The summed E-state index contributed by atoms with van der Waals surface area (Å²) in [6.07, 6.45) is 7.21. The van der Waals surface area contributed by atoms with Gasteiger partial charge in [0.05, 0.1) is 5.56 Å². The standard InChI is InChI=1S/C29H38ClN3O4/c1-18-25(28(36)31-23-13-24(14-23)37-17-34)15-26(33(18)16-19-8-6-5-7-9-19)20-10-21(12-22(30)11-20)27(35)32-29(2,3)4/h10-12,15,17,19,23-24H,5-9,13-14,16H2,1-4H3,(H,31,36)(H,32,35)/t23-,24-. The Hall–Kier alpha value is -2.80. The lowest BCUT2D eigenvalue weighted by molar-refractivity contribution is -0.138. The molecule has 0 atom stereocenters. The zero-order valence-electron chi connectivity index (χ0n) is 22.2. The first kappa shape index (κ1) is 27.2. The number of hydrogen-bond acceptors (Lipinski definition) is 4. The molecule has 37 heavy (non-hydrogen) atoms. The van der Waals surface area contributed by atoms with Gasteiger partial charge in [-0.25, -0.2) is 0 Å². The van der Waals surface area contributed by atoms with Crippen molar-refractivity contribution < 1.29 is 19.1 Å². The Balaban J connectivity index is 1.66. The van der Waals surface area contributed by atoms with Crippen LogP contribution < -0.4 is 10.6 Å². The maximum atomic E-state index is 13.3. The molecule has 200 valence electrons. The van der Waals surface area contributed by atoms with Crippen LogP contribution in [-0.2, 0) is 16.1 Å². The smallest absolute Gasteiger partial charge is 0.293 e. The van der Waals surface area contributed by atoms with Gasteiger partial charge in [0.15, 0.2) is 0 Å². The number of rotatable bonds is 8. The Kier molecular flexibility index (Phi) is 8.32. The molecule has 0 saturated heterocycles. The highest BCUT2D eigenvalue weighted by Gasteiger charge is 2.33. The summed E-state index contributed by atoms with van der Waals surface area (Å²) in [7, 11) is 0. The van der Waals surface area contributed by atoms with Gasteiger partial charge in [0.1, 0.15) is 6.10 Å². The fraction of sp³-hybridized carbons (Fsp3) is 0.552. The van der Waals surface area contributed by atoms with Crippen LogP contribution in [0.4, 0.5) is 0 Å². The number of aromatic nitrogens is 1. The molecule has 0 aliphatic heterocycles. The molecule has 2 saturated carbocycles. The van der Waals surface area contributed by atoms with Gasteiger partial charge in [0.25, 0.3) is 18.3 Å². The zero-order chi connectivity index (χ0) is 26.7. The maximum absolute atomic E-state index is 13.3. The second kappa shape index (κ2) is 11.3. The van der Waals surface area contributed by atoms with Crippen LogP contribution in [0.5, 0.6) is 0 Å². The van der Waals surface area contributed by atoms with Gasteiger partial charge in [-0.05, 0) is 70.7 Å². The van der Waals surface area contributed by atoms with Crippen LogP contribution in [0, 0.1) is 12.8 Å². The predicted octanol–water partition coefficient (Wildman–Crippen LogP) is 5.66. The van der Waals surface area contributed by atoms with Gasteiger partial charge in [-0.2, -0.15) is 0 Å². The summed E-state index contributed by atoms with van der Waals surface area (Å²) < 4.78 is 7.20. The first-order valence-corrected chi connectivity index (χ1v) is 13.7. The van der Waals surface area contributed by atoms with E-state index in [1.807, 2.05) is 45.9 Å². The third-order valence-electron chi connectivity index (χ3n) is 7.40. The first-order chi connectivity index (χ1) is 17.5. The Bertz CT molecular complexity index is 1150. The molecule has 4 rings (SSSR count). The van der Waals surface area contributed by atoms with E-state index in [1.54, 1.807) is 6.07 Å². The van der Waals surface area contributed by atoms with E-state index < -0.39 is 0 Å². The second-order valence-corrected chi connectivity index (χ2v) is 12.0. The summed E-state index contributed by atoms with van der Waals surface area (Å²) in [4.78, 5) is 36.8. The van der Waals surface area contributed by atoms with Gasteiger partial charge in [-0.1, -0.05) is 30.9 Å². The molecule has 2 aliphatic carbocycles. The van der Waals surface area contributed by atoms with Crippen molar-refractivity contribution in [3.05, 3.63) is 46.1 Å².